The summed E-state index contributed by atoms with van der Waals surface area (Å²) in [6.45, 7) is 0.626. The molecule has 0 atom stereocenters. The number of fused-ring (bicyclic) bond motifs is 1. The van der Waals surface area contributed by atoms with Crippen LogP contribution in [0.4, 0.5) is 0 Å². The number of aromatic nitrogens is 2. The van der Waals surface area contributed by atoms with E-state index in [1.165, 1.54) is 4.57 Å². The minimum atomic E-state index is -0.331. The van der Waals surface area contributed by atoms with Gasteiger partial charge in [0.25, 0.3) is 5.56 Å². The molecule has 0 aliphatic rings. The highest BCUT2D eigenvalue weighted by molar-refractivity contribution is 6.30. The summed E-state index contributed by atoms with van der Waals surface area (Å²) in [5, 5.41) is 1.78. The molecule has 0 bridgehead atoms. The first-order valence-corrected chi connectivity index (χ1v) is 10.00. The van der Waals surface area contributed by atoms with Crippen molar-refractivity contribution in [3.63, 3.8) is 0 Å². The molecule has 4 rings (SSSR count). The quantitative estimate of drug-likeness (QED) is 0.463. The van der Waals surface area contributed by atoms with Crippen LogP contribution in [-0.2, 0) is 19.5 Å². The van der Waals surface area contributed by atoms with Gasteiger partial charge in [-0.1, -0.05) is 59.6 Å². The van der Waals surface area contributed by atoms with Crippen LogP contribution in [0, 0.1) is 0 Å². The molecule has 0 saturated heterocycles. The molecule has 0 spiro atoms. The highest BCUT2D eigenvalue weighted by atomic mass is 35.5. The number of halogens is 2. The van der Waals surface area contributed by atoms with E-state index in [2.05, 4.69) is 0 Å². The summed E-state index contributed by atoms with van der Waals surface area (Å²) in [4.78, 5) is 26.2. The molecule has 0 fully saturated rings. The van der Waals surface area contributed by atoms with Crippen LogP contribution < -0.4 is 11.2 Å². The Labute approximate surface area is 177 Å². The molecule has 1 heterocycles. The zero-order chi connectivity index (χ0) is 20.4. The maximum Gasteiger partial charge on any atom is 0.331 e. The third-order valence-electron chi connectivity index (χ3n) is 4.90. The van der Waals surface area contributed by atoms with Crippen LogP contribution in [-0.4, -0.2) is 9.13 Å². The van der Waals surface area contributed by atoms with Crippen molar-refractivity contribution in [2.75, 3.05) is 0 Å². The van der Waals surface area contributed by atoms with E-state index in [9.17, 15) is 9.59 Å². The zero-order valence-electron chi connectivity index (χ0n) is 15.5. The molecule has 6 heteroatoms. The molecule has 146 valence electrons. The Balaban J connectivity index is 1.79. The SMILES string of the molecule is O=c1c2ccccc2n(Cc2cccc(Cl)c2)c(=O)n1CCc1ccc(Cl)cc1. The molecule has 3 aromatic carbocycles. The Morgan fingerprint density at radius 2 is 1.48 bits per heavy atom. The zero-order valence-corrected chi connectivity index (χ0v) is 17.0. The molecule has 4 nitrogen and oxygen atoms in total. The molecule has 0 aliphatic heterocycles. The standard InChI is InChI=1S/C23H18Cl2N2O2/c24-18-10-8-16(9-11-18)12-13-26-22(28)20-6-1-2-7-21(20)27(23(26)29)15-17-4-3-5-19(25)14-17/h1-11,14H,12-13,15H2. The number of hydrogen-bond acceptors (Lipinski definition) is 2. The maximum absolute atomic E-state index is 13.2. The fourth-order valence-corrected chi connectivity index (χ4v) is 3.77. The van der Waals surface area contributed by atoms with Crippen molar-refractivity contribution in [1.82, 2.24) is 9.13 Å². The van der Waals surface area contributed by atoms with Crippen LogP contribution in [0.2, 0.25) is 10.0 Å². The van der Waals surface area contributed by atoms with Gasteiger partial charge in [0.15, 0.2) is 0 Å². The lowest BCUT2D eigenvalue weighted by Crippen LogP contribution is -2.40. The number of hydrogen-bond donors (Lipinski definition) is 0. The van der Waals surface area contributed by atoms with Crippen LogP contribution >= 0.6 is 23.2 Å². The van der Waals surface area contributed by atoms with Crippen LogP contribution in [0.3, 0.4) is 0 Å². The van der Waals surface area contributed by atoms with Crippen molar-refractivity contribution in [2.24, 2.45) is 0 Å². The van der Waals surface area contributed by atoms with Gasteiger partial charge in [-0.25, -0.2) is 4.79 Å². The minimum absolute atomic E-state index is 0.276. The summed E-state index contributed by atoms with van der Waals surface area (Å²) in [7, 11) is 0. The predicted molar refractivity (Wildman–Crippen MR) is 118 cm³/mol. The average molecular weight is 425 g/mol. The highest BCUT2D eigenvalue weighted by Crippen LogP contribution is 2.15. The van der Waals surface area contributed by atoms with Crippen molar-refractivity contribution in [3.05, 3.63) is 115 Å². The lowest BCUT2D eigenvalue weighted by molar-refractivity contribution is 0.590. The van der Waals surface area contributed by atoms with E-state index in [0.29, 0.717) is 40.5 Å². The van der Waals surface area contributed by atoms with Crippen molar-refractivity contribution < 1.29 is 0 Å². The summed E-state index contributed by atoms with van der Waals surface area (Å²) >= 11 is 12.0. The van der Waals surface area contributed by atoms with Gasteiger partial charge in [0.05, 0.1) is 17.4 Å². The van der Waals surface area contributed by atoms with Crippen molar-refractivity contribution >= 4 is 34.1 Å². The summed E-state index contributed by atoms with van der Waals surface area (Å²) in [6.07, 6.45) is 0.557. The molecule has 4 aromatic rings. The van der Waals surface area contributed by atoms with Gasteiger partial charge in [-0.2, -0.15) is 0 Å². The van der Waals surface area contributed by atoms with Gasteiger partial charge >= 0.3 is 5.69 Å². The average Bonchev–Trinajstić information content (AvgIpc) is 2.72. The van der Waals surface area contributed by atoms with Gasteiger partial charge in [-0.05, 0) is 53.9 Å². The lowest BCUT2D eigenvalue weighted by atomic mass is 10.1. The Kier molecular flexibility index (Phi) is 5.56. The molecule has 0 unspecified atom stereocenters. The number of rotatable bonds is 5. The topological polar surface area (TPSA) is 44.0 Å². The van der Waals surface area contributed by atoms with Gasteiger partial charge in [-0.3, -0.25) is 13.9 Å². The molecular formula is C23H18Cl2N2O2. The highest BCUT2D eigenvalue weighted by Gasteiger charge is 2.13. The summed E-state index contributed by atoms with van der Waals surface area (Å²) < 4.78 is 2.94. The van der Waals surface area contributed by atoms with Crippen LogP contribution in [0.25, 0.3) is 10.9 Å². The molecule has 1 aromatic heterocycles. The molecule has 0 N–H and O–H groups in total. The third-order valence-corrected chi connectivity index (χ3v) is 5.39. The molecule has 0 saturated carbocycles. The van der Waals surface area contributed by atoms with E-state index in [4.69, 9.17) is 23.2 Å². The van der Waals surface area contributed by atoms with E-state index in [0.717, 1.165) is 11.1 Å². The molecule has 0 aliphatic carbocycles. The Morgan fingerprint density at radius 1 is 0.724 bits per heavy atom. The summed E-state index contributed by atoms with van der Waals surface area (Å²) in [5.74, 6) is 0. The van der Waals surface area contributed by atoms with Gasteiger partial charge in [-0.15, -0.1) is 0 Å². The van der Waals surface area contributed by atoms with Gasteiger partial charge in [0.2, 0.25) is 0 Å². The van der Waals surface area contributed by atoms with Crippen molar-refractivity contribution in [3.8, 4) is 0 Å². The number of aryl methyl sites for hydroxylation is 1. The Bertz CT molecular complexity index is 1290. The number of nitrogens with zero attached hydrogens (tertiary/aromatic N) is 2. The van der Waals surface area contributed by atoms with E-state index in [1.807, 2.05) is 42.5 Å². The van der Waals surface area contributed by atoms with E-state index < -0.39 is 0 Å². The molecule has 0 amide bonds. The second-order valence-electron chi connectivity index (χ2n) is 6.85. The van der Waals surface area contributed by atoms with E-state index >= 15 is 0 Å². The van der Waals surface area contributed by atoms with Crippen LogP contribution in [0.15, 0.2) is 82.4 Å². The maximum atomic E-state index is 13.2. The number of benzene rings is 3. The largest absolute Gasteiger partial charge is 0.331 e. The minimum Gasteiger partial charge on any atom is -0.289 e. The second kappa shape index (κ2) is 8.27. The third kappa shape index (κ3) is 4.14. The van der Waals surface area contributed by atoms with Crippen molar-refractivity contribution in [1.29, 1.82) is 0 Å². The first kappa shape index (κ1) is 19.5. The normalized spacial score (nSPS) is 11.1. The monoisotopic (exact) mass is 424 g/mol. The summed E-state index contributed by atoms with van der Waals surface area (Å²) in [5.41, 5.74) is 1.91. The van der Waals surface area contributed by atoms with E-state index in [1.54, 1.807) is 34.9 Å². The van der Waals surface area contributed by atoms with Gasteiger partial charge in [0, 0.05) is 16.6 Å². The van der Waals surface area contributed by atoms with Gasteiger partial charge in [0.1, 0.15) is 0 Å². The van der Waals surface area contributed by atoms with E-state index in [-0.39, 0.29) is 11.2 Å². The lowest BCUT2D eigenvalue weighted by Gasteiger charge is -2.14. The van der Waals surface area contributed by atoms with Crippen LogP contribution in [0.1, 0.15) is 11.1 Å². The first-order valence-electron chi connectivity index (χ1n) is 9.24. The van der Waals surface area contributed by atoms with Crippen molar-refractivity contribution in [2.45, 2.75) is 19.5 Å². The second-order valence-corrected chi connectivity index (χ2v) is 7.72. The molecular weight excluding hydrogens is 407 g/mol. The predicted octanol–water partition coefficient (Wildman–Crippen LogP) is 4.76. The fourth-order valence-electron chi connectivity index (χ4n) is 3.43. The Hall–Kier alpha value is -2.82. The smallest absolute Gasteiger partial charge is 0.289 e. The molecule has 0 radical (unpaired) electrons. The van der Waals surface area contributed by atoms with Gasteiger partial charge < -0.3 is 0 Å². The fraction of sp³-hybridized carbons (Fsp3) is 0.130. The number of para-hydroxylation sites is 1. The Morgan fingerprint density at radius 3 is 2.24 bits per heavy atom. The van der Waals surface area contributed by atoms with Crippen LogP contribution in [0.5, 0.6) is 0 Å². The molecule has 29 heavy (non-hydrogen) atoms. The first-order chi connectivity index (χ1) is 14.0. The summed E-state index contributed by atoms with van der Waals surface area (Å²) in [6, 6.07) is 22.0.